The molecule has 13 heteroatoms. The van der Waals surface area contributed by atoms with Gasteiger partial charge in [0.1, 0.15) is 29.5 Å². The Kier molecular flexibility index (Phi) is 7.64. The van der Waals surface area contributed by atoms with Crippen LogP contribution < -0.4 is 5.32 Å². The van der Waals surface area contributed by atoms with Crippen molar-refractivity contribution in [3.05, 3.63) is 106 Å². The lowest BCUT2D eigenvalue weighted by Crippen LogP contribution is -2.69. The van der Waals surface area contributed by atoms with E-state index in [1.165, 1.54) is 18.4 Å². The van der Waals surface area contributed by atoms with Gasteiger partial charge in [0.05, 0.1) is 11.2 Å². The fourth-order valence-corrected chi connectivity index (χ4v) is 20.8. The Labute approximate surface area is 391 Å². The summed E-state index contributed by atoms with van der Waals surface area (Å²) in [5.41, 5.74) is 4.64. The fourth-order valence-electron chi connectivity index (χ4n) is 17.1. The summed E-state index contributed by atoms with van der Waals surface area (Å²) in [7, 11) is -4.30. The number of aliphatic hydroxyl groups is 2. The largest absolute Gasteiger partial charge is 0.599 e. The number of hydrogen-bond donors (Lipinski definition) is 3. The average molecular weight is 909 g/mol. The van der Waals surface area contributed by atoms with Crippen LogP contribution in [0.15, 0.2) is 120 Å². The molecule has 2 aromatic carbocycles. The summed E-state index contributed by atoms with van der Waals surface area (Å²) >= 11 is 0. The molecule has 10 aliphatic carbocycles. The summed E-state index contributed by atoms with van der Waals surface area (Å²) in [6.07, 6.45) is 23.4. The third-order valence-corrected chi connectivity index (χ3v) is 21.7. The highest BCUT2D eigenvalue weighted by atomic mass is 28.4. The summed E-state index contributed by atoms with van der Waals surface area (Å²) in [6, 6.07) is 17.2. The van der Waals surface area contributed by atoms with Crippen molar-refractivity contribution in [3.63, 3.8) is 0 Å². The third-order valence-electron chi connectivity index (χ3n) is 18.6. The predicted octanol–water partition coefficient (Wildman–Crippen LogP) is 9.18. The Bertz CT molecular complexity index is 3010. The molecule has 8 fully saturated rings. The van der Waals surface area contributed by atoms with Crippen LogP contribution in [-0.4, -0.2) is 81.5 Å². The maximum Gasteiger partial charge on any atom is 0.599 e. The van der Waals surface area contributed by atoms with E-state index in [0.29, 0.717) is 54.4 Å². The number of aliphatic imine (C=N–C) groups is 5. The monoisotopic (exact) mass is 908 g/mol. The van der Waals surface area contributed by atoms with Gasteiger partial charge in [-0.05, 0) is 137 Å². The second-order valence-corrected chi connectivity index (χ2v) is 26.0. The average Bonchev–Trinajstić information content (AvgIpc) is 4.01. The Morgan fingerprint density at radius 2 is 1.18 bits per heavy atom. The van der Waals surface area contributed by atoms with Gasteiger partial charge in [-0.15, -0.1) is 0 Å². The van der Waals surface area contributed by atoms with Gasteiger partial charge >= 0.3 is 8.88 Å². The molecule has 8 saturated carbocycles. The van der Waals surface area contributed by atoms with Gasteiger partial charge in [0.15, 0.2) is 17.5 Å². The number of allylic oxidation sites excluding steroid dienone is 2. The van der Waals surface area contributed by atoms with Gasteiger partial charge in [-0.25, -0.2) is 25.0 Å². The molecule has 0 saturated heterocycles. The first-order valence-corrected chi connectivity index (χ1v) is 27.1. The Morgan fingerprint density at radius 1 is 0.627 bits per heavy atom. The maximum absolute atomic E-state index is 12.3. The predicted molar refractivity (Wildman–Crippen MR) is 260 cm³/mol. The number of amidine groups is 5. The van der Waals surface area contributed by atoms with Crippen LogP contribution in [0.3, 0.4) is 0 Å². The highest BCUT2D eigenvalue weighted by Gasteiger charge is 2.66. The van der Waals surface area contributed by atoms with Crippen molar-refractivity contribution >= 4 is 60.5 Å². The minimum absolute atomic E-state index is 0.217. The normalized spacial score (nSPS) is 41.9. The van der Waals surface area contributed by atoms with E-state index in [1.54, 1.807) is 0 Å². The molecular formula is C54H56N8O4Si. The van der Waals surface area contributed by atoms with Crippen LogP contribution in [-0.2, 0) is 8.85 Å². The standard InChI is InChI=1S/C54H56N8O4Si/c63-53-23-31-17-32(24-53)20-51(19-31,27-53)29-65-67(66-30-52-21-33-18-34(22-52)26-54(64,25-33)28-52)61-47-39-13-5-6-14-40(39)49(61)59-45-37-11-3-4-12-38(37)46(56-45)60-50-42-16-8-7-15-41(42)48(62(50)67)58-44-36-10-2-1-9-35(36)43(55-44)57-47/h1,4-9,12-16,31-34,48,63-64H,2-3,10-11,17-30H2,(H,55,57,58)/b59-45-,60-50-. The number of hydrogen-bond acceptors (Lipinski definition) is 11. The smallest absolute Gasteiger partial charge is 0.390 e. The molecular weight excluding hydrogens is 853 g/mol. The van der Waals surface area contributed by atoms with E-state index in [2.05, 4.69) is 86.9 Å². The number of nitrogens with zero attached hydrogens (tertiary/aromatic N) is 7. The molecule has 5 atom stereocenters. The minimum Gasteiger partial charge on any atom is -0.390 e. The van der Waals surface area contributed by atoms with Gasteiger partial charge < -0.3 is 24.4 Å². The summed E-state index contributed by atoms with van der Waals surface area (Å²) < 4.78 is 21.4. The number of fused-ring (bicyclic) bond motifs is 12. The van der Waals surface area contributed by atoms with E-state index in [9.17, 15) is 10.2 Å². The molecule has 3 N–H and O–H groups in total. The molecule has 15 aliphatic rings. The highest BCUT2D eigenvalue weighted by molar-refractivity contribution is 6.68. The first-order chi connectivity index (χ1) is 32.6. The van der Waals surface area contributed by atoms with Crippen LogP contribution in [0.2, 0.25) is 0 Å². The topological polar surface area (TPSA) is 141 Å². The second kappa shape index (κ2) is 13.2. The lowest BCUT2D eigenvalue weighted by molar-refractivity contribution is -0.182. The van der Waals surface area contributed by atoms with Crippen LogP contribution in [0.4, 0.5) is 11.6 Å². The van der Waals surface area contributed by atoms with Crippen molar-refractivity contribution in [3.8, 4) is 0 Å². The minimum atomic E-state index is -4.30. The molecule has 3 aromatic rings. The van der Waals surface area contributed by atoms with Crippen LogP contribution in [0.25, 0.3) is 10.8 Å². The fraction of sp³-hybridized carbons (Fsp3) is 0.500. The zero-order valence-corrected chi connectivity index (χ0v) is 38.9. The van der Waals surface area contributed by atoms with E-state index in [0.717, 1.165) is 152 Å². The molecule has 1 aromatic heterocycles. The van der Waals surface area contributed by atoms with Crippen LogP contribution >= 0.6 is 0 Å². The maximum atomic E-state index is 12.3. The number of rotatable bonds is 6. The van der Waals surface area contributed by atoms with Crippen LogP contribution in [0.1, 0.15) is 120 Å². The van der Waals surface area contributed by atoms with Crippen molar-refractivity contribution < 1.29 is 19.1 Å². The summed E-state index contributed by atoms with van der Waals surface area (Å²) in [6.45, 7) is 0.863. The van der Waals surface area contributed by atoms with E-state index in [-0.39, 0.29) is 10.8 Å². The molecule has 67 heavy (non-hydrogen) atoms. The molecule has 0 spiro atoms. The molecule has 0 radical (unpaired) electrons. The summed E-state index contributed by atoms with van der Waals surface area (Å²) in [4.78, 5) is 28.1. The van der Waals surface area contributed by atoms with Gasteiger partial charge in [0.2, 0.25) is 0 Å². The molecule has 18 rings (SSSR count). The number of aromatic nitrogens is 1. The first kappa shape index (κ1) is 38.9. The van der Waals surface area contributed by atoms with Gasteiger partial charge in [-0.2, -0.15) is 0 Å². The molecule has 12 nitrogen and oxygen atoms in total. The molecule has 14 bridgehead atoms. The van der Waals surface area contributed by atoms with Crippen molar-refractivity contribution in [2.24, 2.45) is 59.5 Å². The quantitative estimate of drug-likeness (QED) is 0.211. The van der Waals surface area contributed by atoms with E-state index in [4.69, 9.17) is 33.8 Å². The molecule has 6 heterocycles. The van der Waals surface area contributed by atoms with Crippen molar-refractivity contribution in [1.82, 2.24) is 14.1 Å². The lowest BCUT2D eigenvalue weighted by atomic mass is 9.48. The second-order valence-electron chi connectivity index (χ2n) is 23.4. The van der Waals surface area contributed by atoms with E-state index in [1.807, 2.05) is 0 Å². The van der Waals surface area contributed by atoms with Crippen molar-refractivity contribution in [2.75, 3.05) is 13.2 Å². The SMILES string of the molecule is OC12CC3CC(C1)CC(CO[Si]1(OCC45CC6CC(CC(O)(C6)C4)C5)N4/C5=N\C6=NC(=N\c7c8ccccc8c(n71)/N=C1\N=C(NC4c4ccccc45)C4=C1C=CCC4)/C1=C6C=CCC1)(C3)C2. The number of nitrogens with one attached hydrogen (secondary N) is 1. The van der Waals surface area contributed by atoms with Crippen LogP contribution in [0.5, 0.6) is 0 Å². The zero-order valence-electron chi connectivity index (χ0n) is 37.9. The Hall–Kier alpha value is -5.05. The Balaban J connectivity index is 1.01. The molecule has 340 valence electrons. The molecule has 5 unspecified atom stereocenters. The first-order valence-electron chi connectivity index (χ1n) is 25.4. The Morgan fingerprint density at radius 3 is 1.81 bits per heavy atom. The summed E-state index contributed by atoms with van der Waals surface area (Å²) in [5.74, 6) is 6.97. The molecule has 0 amide bonds. The molecule has 5 aliphatic heterocycles. The van der Waals surface area contributed by atoms with Crippen molar-refractivity contribution in [2.45, 2.75) is 120 Å². The highest BCUT2D eigenvalue weighted by Crippen LogP contribution is 2.64. The van der Waals surface area contributed by atoms with Gasteiger partial charge in [0, 0.05) is 57.4 Å². The summed E-state index contributed by atoms with van der Waals surface area (Å²) in [5, 5.41) is 30.6. The van der Waals surface area contributed by atoms with E-state index < -0.39 is 26.3 Å². The van der Waals surface area contributed by atoms with Gasteiger partial charge in [-0.3, -0.25) is 8.80 Å². The number of benzene rings is 2. The van der Waals surface area contributed by atoms with Gasteiger partial charge in [-0.1, -0.05) is 72.8 Å². The zero-order chi connectivity index (χ0) is 44.1. The van der Waals surface area contributed by atoms with Gasteiger partial charge in [0.25, 0.3) is 0 Å². The van der Waals surface area contributed by atoms with Crippen molar-refractivity contribution in [1.29, 1.82) is 0 Å². The lowest BCUT2D eigenvalue weighted by Gasteiger charge is -2.61. The van der Waals surface area contributed by atoms with Crippen LogP contribution in [0, 0.1) is 34.5 Å². The van der Waals surface area contributed by atoms with E-state index >= 15 is 0 Å². The third kappa shape index (κ3) is 5.46.